The maximum absolute atomic E-state index is 12.9. The second-order valence-electron chi connectivity index (χ2n) is 6.54. The van der Waals surface area contributed by atoms with Gasteiger partial charge in [-0.2, -0.15) is 0 Å². The molecule has 0 aromatic heterocycles. The van der Waals surface area contributed by atoms with Crippen LogP contribution in [-0.2, 0) is 14.8 Å². The summed E-state index contributed by atoms with van der Waals surface area (Å²) in [7, 11) is -3.61. The lowest BCUT2D eigenvalue weighted by Crippen LogP contribution is -2.49. The van der Waals surface area contributed by atoms with Gasteiger partial charge >= 0.3 is 0 Å². The van der Waals surface area contributed by atoms with E-state index in [4.69, 9.17) is 4.74 Å². The largest absolute Gasteiger partial charge is 0.476 e. The van der Waals surface area contributed by atoms with E-state index in [9.17, 15) is 18.0 Å². The maximum Gasteiger partial charge on any atom is 0.267 e. The van der Waals surface area contributed by atoms with E-state index in [1.165, 1.54) is 4.31 Å². The molecule has 1 atom stereocenters. The number of nitrogens with zero attached hydrogens (tertiary/aromatic N) is 1. The van der Waals surface area contributed by atoms with Crippen molar-refractivity contribution in [1.82, 2.24) is 5.32 Å². The fraction of sp³-hybridized carbons (Fsp3) is 0.238. The highest BCUT2D eigenvalue weighted by atomic mass is 32.2. The van der Waals surface area contributed by atoms with Crippen molar-refractivity contribution in [2.24, 2.45) is 0 Å². The van der Waals surface area contributed by atoms with Gasteiger partial charge in [0, 0.05) is 6.54 Å². The summed E-state index contributed by atoms with van der Waals surface area (Å²) in [6.07, 6.45) is 0.473. The third kappa shape index (κ3) is 4.46. The summed E-state index contributed by atoms with van der Waals surface area (Å²) in [6, 6.07) is 13.2. The monoisotopic (exact) mass is 429 g/mol. The number of carbonyl (C=O) groups excluding carboxylic acids is 2. The van der Waals surface area contributed by atoms with E-state index < -0.39 is 22.0 Å². The molecule has 0 fully saturated rings. The third-order valence-electron chi connectivity index (χ3n) is 4.56. The second-order valence-corrected chi connectivity index (χ2v) is 8.72. The average molecular weight is 429 g/mol. The molecule has 0 unspecified atom stereocenters. The van der Waals surface area contributed by atoms with Crippen LogP contribution < -0.4 is 19.7 Å². The lowest BCUT2D eigenvalue weighted by atomic mass is 10.1. The molecule has 30 heavy (non-hydrogen) atoms. The molecule has 3 rings (SSSR count). The summed E-state index contributed by atoms with van der Waals surface area (Å²) in [4.78, 5) is 25.3. The van der Waals surface area contributed by atoms with Gasteiger partial charge in [0.25, 0.3) is 11.8 Å². The van der Waals surface area contributed by atoms with Crippen LogP contribution in [0.3, 0.4) is 0 Å². The quantitative estimate of drug-likeness (QED) is 0.657. The van der Waals surface area contributed by atoms with Crippen LogP contribution in [0.4, 0.5) is 11.4 Å². The molecule has 8 nitrogen and oxygen atoms in total. The molecule has 0 radical (unpaired) electrons. The molecule has 2 aromatic carbocycles. The fourth-order valence-corrected chi connectivity index (χ4v) is 4.15. The van der Waals surface area contributed by atoms with Gasteiger partial charge in [-0.05, 0) is 31.2 Å². The van der Waals surface area contributed by atoms with Gasteiger partial charge in [-0.1, -0.05) is 30.3 Å². The number of fused-ring (bicyclic) bond motifs is 1. The Balaban J connectivity index is 1.85. The number of sulfonamides is 1. The van der Waals surface area contributed by atoms with Crippen molar-refractivity contribution in [2.75, 3.05) is 28.5 Å². The van der Waals surface area contributed by atoms with Crippen molar-refractivity contribution < 1.29 is 22.7 Å². The molecule has 0 aliphatic carbocycles. The summed E-state index contributed by atoms with van der Waals surface area (Å²) in [5.41, 5.74) is 0.978. The first-order valence-corrected chi connectivity index (χ1v) is 11.0. The first kappa shape index (κ1) is 21.4. The minimum absolute atomic E-state index is 0.109. The Kier molecular flexibility index (Phi) is 6.41. The van der Waals surface area contributed by atoms with E-state index in [0.717, 1.165) is 0 Å². The summed E-state index contributed by atoms with van der Waals surface area (Å²) in [5.74, 6) is -0.722. The van der Waals surface area contributed by atoms with Crippen LogP contribution >= 0.6 is 0 Å². The molecule has 2 aromatic rings. The SMILES string of the molecule is C=CCNC(=O)c1ccccc1NC(=O)[C@H]1CN(S(=O)(=O)CC)c2ccccc2O1. The molecule has 2 N–H and O–H groups in total. The van der Waals surface area contributed by atoms with Gasteiger partial charge < -0.3 is 15.4 Å². The van der Waals surface area contributed by atoms with Crippen molar-refractivity contribution in [3.8, 4) is 5.75 Å². The molecule has 1 aliphatic heterocycles. The zero-order valence-electron chi connectivity index (χ0n) is 16.5. The number of rotatable bonds is 7. The van der Waals surface area contributed by atoms with E-state index in [0.29, 0.717) is 17.1 Å². The number of benzene rings is 2. The highest BCUT2D eigenvalue weighted by molar-refractivity contribution is 7.92. The normalized spacial score (nSPS) is 15.5. The summed E-state index contributed by atoms with van der Waals surface area (Å²) in [6.45, 7) is 5.22. The number of ether oxygens (including phenoxy) is 1. The highest BCUT2D eigenvalue weighted by Crippen LogP contribution is 2.35. The predicted octanol–water partition coefficient (Wildman–Crippen LogP) is 2.16. The number of amides is 2. The summed E-state index contributed by atoms with van der Waals surface area (Å²) >= 11 is 0. The fourth-order valence-electron chi connectivity index (χ4n) is 3.02. The van der Waals surface area contributed by atoms with Crippen LogP contribution in [0.5, 0.6) is 5.75 Å². The maximum atomic E-state index is 12.9. The van der Waals surface area contributed by atoms with Gasteiger partial charge in [0.1, 0.15) is 5.75 Å². The molecule has 0 saturated heterocycles. The summed E-state index contributed by atoms with van der Waals surface area (Å²) in [5, 5.41) is 5.35. The molecule has 9 heteroatoms. The topological polar surface area (TPSA) is 105 Å². The van der Waals surface area contributed by atoms with Crippen LogP contribution in [0.1, 0.15) is 17.3 Å². The van der Waals surface area contributed by atoms with Crippen molar-refractivity contribution >= 4 is 33.2 Å². The Labute approximate surface area is 175 Å². The average Bonchev–Trinajstić information content (AvgIpc) is 2.76. The Bertz CT molecular complexity index is 1070. The Morgan fingerprint density at radius 3 is 2.63 bits per heavy atom. The zero-order chi connectivity index (χ0) is 21.7. The molecule has 0 saturated carbocycles. The van der Waals surface area contributed by atoms with E-state index in [2.05, 4.69) is 17.2 Å². The lowest BCUT2D eigenvalue weighted by molar-refractivity contribution is -0.122. The molecule has 2 amide bonds. The molecular formula is C21H23N3O5S. The van der Waals surface area contributed by atoms with Gasteiger partial charge in [0.2, 0.25) is 10.0 Å². The van der Waals surface area contributed by atoms with Crippen molar-refractivity contribution in [1.29, 1.82) is 0 Å². The van der Waals surface area contributed by atoms with E-state index in [-0.39, 0.29) is 30.3 Å². The third-order valence-corrected chi connectivity index (χ3v) is 6.31. The molecule has 1 heterocycles. The number of para-hydroxylation sites is 3. The molecule has 1 aliphatic rings. The minimum atomic E-state index is -3.61. The molecule has 158 valence electrons. The molecular weight excluding hydrogens is 406 g/mol. The van der Waals surface area contributed by atoms with Crippen LogP contribution in [0.15, 0.2) is 61.2 Å². The van der Waals surface area contributed by atoms with Crippen LogP contribution in [0.2, 0.25) is 0 Å². The number of carbonyl (C=O) groups is 2. The Hall–Kier alpha value is -3.33. The van der Waals surface area contributed by atoms with Gasteiger partial charge in [-0.15, -0.1) is 6.58 Å². The smallest absolute Gasteiger partial charge is 0.267 e. The molecule has 0 bridgehead atoms. The number of hydrogen-bond acceptors (Lipinski definition) is 5. The first-order chi connectivity index (χ1) is 14.4. The van der Waals surface area contributed by atoms with Gasteiger partial charge in [0.15, 0.2) is 6.10 Å². The standard InChI is InChI=1S/C21H23N3O5S/c1-3-13-22-20(25)15-9-5-6-10-16(15)23-21(26)19-14-24(30(27,28)4-2)17-11-7-8-12-18(17)29-19/h3,5-12,19H,1,4,13-14H2,2H3,(H,22,25)(H,23,26)/t19-/m1/s1. The van der Waals surface area contributed by atoms with Crippen molar-refractivity contribution in [3.05, 3.63) is 66.7 Å². The zero-order valence-corrected chi connectivity index (χ0v) is 17.3. The first-order valence-electron chi connectivity index (χ1n) is 9.42. The highest BCUT2D eigenvalue weighted by Gasteiger charge is 2.36. The number of nitrogens with one attached hydrogen (secondary N) is 2. The van der Waals surface area contributed by atoms with Crippen molar-refractivity contribution in [3.63, 3.8) is 0 Å². The van der Waals surface area contributed by atoms with E-state index in [1.807, 2.05) is 0 Å². The number of hydrogen-bond donors (Lipinski definition) is 2. The lowest BCUT2D eigenvalue weighted by Gasteiger charge is -2.34. The van der Waals surface area contributed by atoms with Gasteiger partial charge in [0.05, 0.1) is 29.2 Å². The van der Waals surface area contributed by atoms with Crippen molar-refractivity contribution in [2.45, 2.75) is 13.0 Å². The number of anilines is 2. The van der Waals surface area contributed by atoms with E-state index in [1.54, 1.807) is 61.5 Å². The summed E-state index contributed by atoms with van der Waals surface area (Å²) < 4.78 is 32.1. The Morgan fingerprint density at radius 2 is 1.90 bits per heavy atom. The Morgan fingerprint density at radius 1 is 1.20 bits per heavy atom. The van der Waals surface area contributed by atoms with Crippen LogP contribution in [0, 0.1) is 0 Å². The van der Waals surface area contributed by atoms with Gasteiger partial charge in [-0.3, -0.25) is 13.9 Å². The molecule has 0 spiro atoms. The van der Waals surface area contributed by atoms with Crippen LogP contribution in [0.25, 0.3) is 0 Å². The predicted molar refractivity (Wildman–Crippen MR) is 115 cm³/mol. The second kappa shape index (κ2) is 9.00. The van der Waals surface area contributed by atoms with Crippen LogP contribution in [-0.4, -0.2) is 45.2 Å². The van der Waals surface area contributed by atoms with Gasteiger partial charge in [-0.25, -0.2) is 8.42 Å². The van der Waals surface area contributed by atoms with E-state index >= 15 is 0 Å². The minimum Gasteiger partial charge on any atom is -0.476 e.